The second-order valence-electron chi connectivity index (χ2n) is 9.05. The van der Waals surface area contributed by atoms with Crippen LogP contribution in [0.5, 0.6) is 0 Å². The van der Waals surface area contributed by atoms with Crippen LogP contribution in [-0.4, -0.2) is 0 Å². The molecule has 1 heteroatoms. The number of halogens is 1. The summed E-state index contributed by atoms with van der Waals surface area (Å²) in [5, 5.41) is 0. The van der Waals surface area contributed by atoms with Crippen LogP contribution in [0.15, 0.2) is 24.3 Å². The fourth-order valence-corrected chi connectivity index (χ4v) is 5.64. The van der Waals surface area contributed by atoms with Crippen LogP contribution in [0.3, 0.4) is 0 Å². The highest BCUT2D eigenvalue weighted by Gasteiger charge is 2.28. The maximum Gasteiger partial charge on any atom is 0.123 e. The first-order chi connectivity index (χ1) is 12.2. The van der Waals surface area contributed by atoms with Crippen molar-refractivity contribution in [3.8, 4) is 0 Å². The molecule has 1 aromatic rings. The van der Waals surface area contributed by atoms with Crippen molar-refractivity contribution in [2.24, 2.45) is 23.7 Å². The molecule has 0 saturated heterocycles. The van der Waals surface area contributed by atoms with E-state index >= 15 is 0 Å². The van der Waals surface area contributed by atoms with Crippen molar-refractivity contribution in [1.29, 1.82) is 0 Å². The Kier molecular flexibility index (Phi) is 6.96. The molecular weight excluding hydrogens is 307 g/mol. The van der Waals surface area contributed by atoms with E-state index in [0.717, 1.165) is 23.7 Å². The smallest absolute Gasteiger partial charge is 0.123 e. The molecule has 3 rings (SSSR count). The zero-order chi connectivity index (χ0) is 17.6. The highest BCUT2D eigenvalue weighted by Crippen LogP contribution is 2.42. The molecule has 2 aliphatic carbocycles. The minimum Gasteiger partial charge on any atom is -0.207 e. The molecule has 2 saturated carbocycles. The van der Waals surface area contributed by atoms with Gasteiger partial charge in [-0.1, -0.05) is 51.7 Å². The normalized spacial score (nSPS) is 31.6. The van der Waals surface area contributed by atoms with Crippen LogP contribution in [0.25, 0.3) is 0 Å². The number of benzene rings is 1. The van der Waals surface area contributed by atoms with Crippen LogP contribution in [0.4, 0.5) is 4.39 Å². The van der Waals surface area contributed by atoms with Crippen LogP contribution < -0.4 is 0 Å². The summed E-state index contributed by atoms with van der Waals surface area (Å²) < 4.78 is 13.1. The summed E-state index contributed by atoms with van der Waals surface area (Å²) in [5.41, 5.74) is 1.35. The van der Waals surface area contributed by atoms with Gasteiger partial charge in [0.05, 0.1) is 0 Å². The molecule has 1 unspecified atom stereocenters. The van der Waals surface area contributed by atoms with Crippen molar-refractivity contribution in [3.63, 3.8) is 0 Å². The number of rotatable bonds is 6. The van der Waals surface area contributed by atoms with Crippen molar-refractivity contribution in [1.82, 2.24) is 0 Å². The molecule has 0 amide bonds. The van der Waals surface area contributed by atoms with E-state index in [9.17, 15) is 4.39 Å². The first-order valence-corrected chi connectivity index (χ1v) is 10.9. The van der Waals surface area contributed by atoms with Gasteiger partial charge in [0.15, 0.2) is 0 Å². The SMILES string of the molecule is CCCC1CCC(C(C)CC2CCC(c3ccc(F)cc3)CC2)CC1. The Balaban J connectivity index is 1.40. The van der Waals surface area contributed by atoms with Gasteiger partial charge >= 0.3 is 0 Å². The average Bonchev–Trinajstić information content (AvgIpc) is 2.64. The number of hydrogen-bond donors (Lipinski definition) is 0. The summed E-state index contributed by atoms with van der Waals surface area (Å²) in [6.45, 7) is 4.86. The van der Waals surface area contributed by atoms with Crippen LogP contribution in [0.1, 0.15) is 96.0 Å². The van der Waals surface area contributed by atoms with Gasteiger partial charge in [0.25, 0.3) is 0 Å². The van der Waals surface area contributed by atoms with E-state index in [4.69, 9.17) is 0 Å². The van der Waals surface area contributed by atoms with Crippen LogP contribution in [0, 0.1) is 29.5 Å². The van der Waals surface area contributed by atoms with E-state index in [2.05, 4.69) is 13.8 Å². The molecule has 0 aromatic heterocycles. The molecule has 0 heterocycles. The van der Waals surface area contributed by atoms with Gasteiger partial charge in [-0.2, -0.15) is 0 Å². The highest BCUT2D eigenvalue weighted by atomic mass is 19.1. The van der Waals surface area contributed by atoms with Gasteiger partial charge < -0.3 is 0 Å². The maximum atomic E-state index is 13.1. The lowest BCUT2D eigenvalue weighted by atomic mass is 9.70. The Morgan fingerprint density at radius 3 is 2.08 bits per heavy atom. The molecular formula is C24H37F. The van der Waals surface area contributed by atoms with E-state index in [1.165, 1.54) is 76.2 Å². The summed E-state index contributed by atoms with van der Waals surface area (Å²) in [4.78, 5) is 0. The second kappa shape index (κ2) is 9.19. The minimum absolute atomic E-state index is 0.111. The van der Waals surface area contributed by atoms with Crippen molar-refractivity contribution in [2.75, 3.05) is 0 Å². The van der Waals surface area contributed by atoms with Gasteiger partial charge in [0.1, 0.15) is 5.82 Å². The van der Waals surface area contributed by atoms with Gasteiger partial charge in [0, 0.05) is 0 Å². The summed E-state index contributed by atoms with van der Waals surface area (Å²) in [5.74, 6) is 4.41. The third-order valence-electron chi connectivity index (χ3n) is 7.29. The maximum absolute atomic E-state index is 13.1. The first-order valence-electron chi connectivity index (χ1n) is 10.9. The number of hydrogen-bond acceptors (Lipinski definition) is 0. The quantitative estimate of drug-likeness (QED) is 0.495. The zero-order valence-corrected chi connectivity index (χ0v) is 16.4. The van der Waals surface area contributed by atoms with E-state index in [1.54, 1.807) is 12.1 Å². The van der Waals surface area contributed by atoms with Crippen molar-refractivity contribution >= 4 is 0 Å². The topological polar surface area (TPSA) is 0 Å². The van der Waals surface area contributed by atoms with E-state index in [0.29, 0.717) is 5.92 Å². The molecule has 140 valence electrons. The Hall–Kier alpha value is -0.850. The van der Waals surface area contributed by atoms with Crippen LogP contribution in [-0.2, 0) is 0 Å². The molecule has 25 heavy (non-hydrogen) atoms. The Bertz CT molecular complexity index is 489. The largest absolute Gasteiger partial charge is 0.207 e. The van der Waals surface area contributed by atoms with Gasteiger partial charge in [-0.25, -0.2) is 4.39 Å². The van der Waals surface area contributed by atoms with Gasteiger partial charge in [-0.3, -0.25) is 0 Å². The first kappa shape index (κ1) is 18.9. The summed E-state index contributed by atoms with van der Waals surface area (Å²) in [7, 11) is 0. The Morgan fingerprint density at radius 2 is 1.48 bits per heavy atom. The fraction of sp³-hybridized carbons (Fsp3) is 0.750. The van der Waals surface area contributed by atoms with Crippen molar-refractivity contribution < 1.29 is 4.39 Å². The minimum atomic E-state index is -0.111. The van der Waals surface area contributed by atoms with Crippen LogP contribution >= 0.6 is 0 Å². The lowest BCUT2D eigenvalue weighted by Gasteiger charge is -2.36. The summed E-state index contributed by atoms with van der Waals surface area (Å²) in [6.07, 6.45) is 15.5. The molecule has 0 spiro atoms. The third-order valence-corrected chi connectivity index (χ3v) is 7.29. The lowest BCUT2D eigenvalue weighted by molar-refractivity contribution is 0.169. The van der Waals surface area contributed by atoms with Crippen molar-refractivity contribution in [2.45, 2.75) is 90.4 Å². The zero-order valence-electron chi connectivity index (χ0n) is 16.4. The molecule has 1 atom stereocenters. The molecule has 2 fully saturated rings. The average molecular weight is 345 g/mol. The predicted molar refractivity (Wildman–Crippen MR) is 105 cm³/mol. The summed E-state index contributed by atoms with van der Waals surface area (Å²) >= 11 is 0. The van der Waals surface area contributed by atoms with Gasteiger partial charge in [0.2, 0.25) is 0 Å². The van der Waals surface area contributed by atoms with E-state index < -0.39 is 0 Å². The molecule has 1 aromatic carbocycles. The predicted octanol–water partition coefficient (Wildman–Crippen LogP) is 7.73. The molecule has 0 aliphatic heterocycles. The van der Waals surface area contributed by atoms with E-state index in [1.807, 2.05) is 12.1 Å². The summed E-state index contributed by atoms with van der Waals surface area (Å²) in [6, 6.07) is 7.24. The van der Waals surface area contributed by atoms with Crippen molar-refractivity contribution in [3.05, 3.63) is 35.6 Å². The standard InChI is InChI=1S/C24H37F/c1-3-4-19-5-9-21(10-6-19)18(2)17-20-7-11-22(12-8-20)23-13-15-24(25)16-14-23/h13-16,18-22H,3-12,17H2,1-2H3. The fourth-order valence-electron chi connectivity index (χ4n) is 5.64. The monoisotopic (exact) mass is 344 g/mol. The Labute approximate surface area is 154 Å². The van der Waals surface area contributed by atoms with Crippen LogP contribution in [0.2, 0.25) is 0 Å². The molecule has 0 bridgehead atoms. The van der Waals surface area contributed by atoms with E-state index in [-0.39, 0.29) is 5.82 Å². The highest BCUT2D eigenvalue weighted by molar-refractivity contribution is 5.20. The molecule has 0 nitrogen and oxygen atoms in total. The van der Waals surface area contributed by atoms with Gasteiger partial charge in [-0.05, 0) is 92.2 Å². The van der Waals surface area contributed by atoms with Gasteiger partial charge in [-0.15, -0.1) is 0 Å². The Morgan fingerprint density at radius 1 is 0.880 bits per heavy atom. The second-order valence-corrected chi connectivity index (χ2v) is 9.05. The third kappa shape index (κ3) is 5.31. The lowest BCUT2D eigenvalue weighted by Crippen LogP contribution is -2.23. The molecule has 2 aliphatic rings. The molecule has 0 N–H and O–H groups in total. The molecule has 0 radical (unpaired) electrons.